The van der Waals surface area contributed by atoms with Gasteiger partial charge in [0.15, 0.2) is 0 Å². The van der Waals surface area contributed by atoms with Crippen molar-refractivity contribution in [3.63, 3.8) is 0 Å². The number of hydrogen-bond acceptors (Lipinski definition) is 6. The average molecular weight is 745 g/mol. The second-order valence-corrected chi connectivity index (χ2v) is 18.1. The Morgan fingerprint density at radius 1 is 0.353 bits per heavy atom. The van der Waals surface area contributed by atoms with Crippen molar-refractivity contribution in [2.75, 3.05) is 0 Å². The molecule has 0 spiro atoms. The SMILES string of the molecule is Brc1ccc(-c2ccc(C(c3ccc(-c4ccc(Br)s4)s3)c3ccc(-c4ccc(Br)s4)s3)s2)s1. The van der Waals surface area contributed by atoms with Crippen molar-refractivity contribution in [3.05, 3.63) is 98.8 Å². The third-order valence-corrected chi connectivity index (χ3v) is 14.1. The van der Waals surface area contributed by atoms with E-state index in [0.29, 0.717) is 0 Å². The first-order valence-electron chi connectivity index (χ1n) is 10.1. The molecule has 9 heteroatoms. The lowest BCUT2D eigenvalue weighted by Gasteiger charge is -2.12. The Balaban J connectivity index is 1.42. The molecular weight excluding hydrogens is 732 g/mol. The molecule has 0 aromatic carbocycles. The molecule has 0 bridgehead atoms. The highest BCUT2D eigenvalue weighted by molar-refractivity contribution is 9.11. The lowest BCUT2D eigenvalue weighted by Crippen LogP contribution is -1.95. The predicted molar refractivity (Wildman–Crippen MR) is 167 cm³/mol. The molecule has 0 N–H and O–H groups in total. The zero-order chi connectivity index (χ0) is 23.2. The topological polar surface area (TPSA) is 0 Å². The van der Waals surface area contributed by atoms with Crippen molar-refractivity contribution in [1.82, 2.24) is 0 Å². The monoisotopic (exact) mass is 742 g/mol. The Hall–Kier alpha value is -0.360. The molecule has 0 radical (unpaired) electrons. The third-order valence-electron chi connectivity index (χ3n) is 5.18. The molecule has 0 nitrogen and oxygen atoms in total. The van der Waals surface area contributed by atoms with E-state index in [4.69, 9.17) is 0 Å². The van der Waals surface area contributed by atoms with Gasteiger partial charge in [-0.3, -0.25) is 0 Å². The largest absolute Gasteiger partial charge is 0.138 e. The van der Waals surface area contributed by atoms with Crippen molar-refractivity contribution < 1.29 is 0 Å². The maximum absolute atomic E-state index is 3.61. The van der Waals surface area contributed by atoms with Crippen molar-refractivity contribution in [2.45, 2.75) is 5.92 Å². The van der Waals surface area contributed by atoms with Gasteiger partial charge in [0.2, 0.25) is 0 Å². The van der Waals surface area contributed by atoms with Crippen LogP contribution in [0.25, 0.3) is 29.3 Å². The maximum atomic E-state index is 3.61. The molecule has 0 unspecified atom stereocenters. The van der Waals surface area contributed by atoms with Crippen LogP contribution in [0, 0.1) is 0 Å². The van der Waals surface area contributed by atoms with Gasteiger partial charge in [0.05, 0.1) is 17.3 Å². The lowest BCUT2D eigenvalue weighted by molar-refractivity contribution is 1.07. The van der Waals surface area contributed by atoms with E-state index in [1.807, 2.05) is 34.0 Å². The summed E-state index contributed by atoms with van der Waals surface area (Å²) in [4.78, 5) is 12.1. The summed E-state index contributed by atoms with van der Waals surface area (Å²) in [5.74, 6) is 0.242. The van der Waals surface area contributed by atoms with E-state index >= 15 is 0 Å². The Morgan fingerprint density at radius 3 is 0.882 bits per heavy atom. The number of hydrogen-bond donors (Lipinski definition) is 0. The predicted octanol–water partition coefficient (Wildman–Crippen LogP) is 12.5. The lowest BCUT2D eigenvalue weighted by atomic mass is 10.0. The molecule has 170 valence electrons. The van der Waals surface area contributed by atoms with Crippen LogP contribution in [-0.4, -0.2) is 0 Å². The normalized spacial score (nSPS) is 11.6. The van der Waals surface area contributed by atoms with E-state index in [2.05, 4.69) is 121 Å². The highest BCUT2D eigenvalue weighted by Gasteiger charge is 2.24. The van der Waals surface area contributed by atoms with Gasteiger partial charge in [0, 0.05) is 43.9 Å². The molecular formula is C25H13Br3S6. The Kier molecular flexibility index (Phi) is 7.19. The first-order valence-corrected chi connectivity index (χ1v) is 17.4. The second kappa shape index (κ2) is 10.2. The Labute approximate surface area is 247 Å². The molecule has 0 amide bonds. The van der Waals surface area contributed by atoms with Gasteiger partial charge in [-0.2, -0.15) is 0 Å². The zero-order valence-electron chi connectivity index (χ0n) is 17.1. The summed E-state index contributed by atoms with van der Waals surface area (Å²) in [6.07, 6.45) is 0. The fourth-order valence-electron chi connectivity index (χ4n) is 3.68. The highest BCUT2D eigenvalue weighted by Crippen LogP contribution is 2.48. The molecule has 6 rings (SSSR count). The van der Waals surface area contributed by atoms with E-state index in [0.717, 1.165) is 0 Å². The number of halogens is 3. The van der Waals surface area contributed by atoms with Crippen molar-refractivity contribution in [1.29, 1.82) is 0 Å². The molecule has 6 heterocycles. The summed E-state index contributed by atoms with van der Waals surface area (Å²) in [5, 5.41) is 0. The van der Waals surface area contributed by atoms with Gasteiger partial charge in [-0.25, -0.2) is 0 Å². The molecule has 0 fully saturated rings. The third kappa shape index (κ3) is 4.93. The van der Waals surface area contributed by atoms with Gasteiger partial charge in [-0.1, -0.05) is 0 Å². The first kappa shape index (κ1) is 24.0. The van der Waals surface area contributed by atoms with E-state index < -0.39 is 0 Å². The summed E-state index contributed by atoms with van der Waals surface area (Å²) in [5.41, 5.74) is 0. The molecule has 0 saturated carbocycles. The highest BCUT2D eigenvalue weighted by atomic mass is 79.9. The van der Waals surface area contributed by atoms with Gasteiger partial charge in [-0.15, -0.1) is 68.0 Å². The molecule has 6 aromatic rings. The van der Waals surface area contributed by atoms with E-state index in [9.17, 15) is 0 Å². The van der Waals surface area contributed by atoms with Gasteiger partial charge in [-0.05, 0) is 121 Å². The smallest absolute Gasteiger partial charge is 0.0705 e. The number of rotatable bonds is 6. The molecule has 0 aliphatic rings. The standard InChI is InChI=1S/C25H13Br3S6/c26-22-10-7-16(32-22)13-1-4-19(29-13)25(20-5-2-14(30-20)17-8-11-23(27)33-17)21-6-3-15(31-21)18-9-12-24(28)34-18/h1-12,25H. The van der Waals surface area contributed by atoms with E-state index in [1.165, 1.54) is 55.3 Å². The minimum Gasteiger partial charge on any atom is -0.138 e. The fraction of sp³-hybridized carbons (Fsp3) is 0.0400. The molecule has 34 heavy (non-hydrogen) atoms. The minimum atomic E-state index is 0.242. The van der Waals surface area contributed by atoms with Gasteiger partial charge >= 0.3 is 0 Å². The van der Waals surface area contributed by atoms with Crippen LogP contribution in [0.2, 0.25) is 0 Å². The van der Waals surface area contributed by atoms with E-state index in [1.54, 1.807) is 34.0 Å². The van der Waals surface area contributed by atoms with Crippen molar-refractivity contribution in [2.24, 2.45) is 0 Å². The Morgan fingerprint density at radius 2 is 0.618 bits per heavy atom. The summed E-state index contributed by atoms with van der Waals surface area (Å²) in [6.45, 7) is 0. The fourth-order valence-corrected chi connectivity index (χ4v) is 11.8. The van der Waals surface area contributed by atoms with Crippen molar-refractivity contribution in [3.8, 4) is 29.3 Å². The van der Waals surface area contributed by atoms with Crippen LogP contribution in [0.1, 0.15) is 20.5 Å². The summed E-state index contributed by atoms with van der Waals surface area (Å²) >= 11 is 21.9. The molecule has 6 aromatic heterocycles. The zero-order valence-corrected chi connectivity index (χ0v) is 26.7. The molecule has 0 aliphatic heterocycles. The number of thiophene rings is 6. The summed E-state index contributed by atoms with van der Waals surface area (Å²) < 4.78 is 3.51. The average Bonchev–Trinajstić information content (AvgIpc) is 3.63. The molecule has 0 aliphatic carbocycles. The van der Waals surface area contributed by atoms with E-state index in [-0.39, 0.29) is 5.92 Å². The van der Waals surface area contributed by atoms with Crippen molar-refractivity contribution >= 4 is 116 Å². The summed E-state index contributed by atoms with van der Waals surface area (Å²) in [7, 11) is 0. The Bertz CT molecular complexity index is 1390. The quantitative estimate of drug-likeness (QED) is 0.159. The van der Waals surface area contributed by atoms with Crippen LogP contribution in [0.3, 0.4) is 0 Å². The minimum absolute atomic E-state index is 0.242. The molecule has 0 saturated heterocycles. The van der Waals surface area contributed by atoms with Crippen LogP contribution in [-0.2, 0) is 0 Å². The van der Waals surface area contributed by atoms with Crippen LogP contribution in [0.4, 0.5) is 0 Å². The van der Waals surface area contributed by atoms with Crippen LogP contribution < -0.4 is 0 Å². The first-order chi connectivity index (χ1) is 16.5. The van der Waals surface area contributed by atoms with Gasteiger partial charge in [0.25, 0.3) is 0 Å². The van der Waals surface area contributed by atoms with Crippen LogP contribution in [0.15, 0.2) is 84.2 Å². The second-order valence-electron chi connectivity index (χ2n) is 7.35. The summed E-state index contributed by atoms with van der Waals surface area (Å²) in [6, 6.07) is 26.8. The van der Waals surface area contributed by atoms with Gasteiger partial charge < -0.3 is 0 Å². The maximum Gasteiger partial charge on any atom is 0.0705 e. The molecule has 0 atom stereocenters. The van der Waals surface area contributed by atoms with Gasteiger partial charge in [0.1, 0.15) is 0 Å². The van der Waals surface area contributed by atoms with Crippen LogP contribution >= 0.6 is 116 Å². The van der Waals surface area contributed by atoms with Crippen LogP contribution in [0.5, 0.6) is 0 Å².